The highest BCUT2D eigenvalue weighted by molar-refractivity contribution is 8.00. The van der Waals surface area contributed by atoms with Gasteiger partial charge in [-0.05, 0) is 9.32 Å². The molecule has 0 bridgehead atoms. The van der Waals surface area contributed by atoms with Crippen LogP contribution in [-0.2, 0) is 0 Å². The summed E-state index contributed by atoms with van der Waals surface area (Å²) < 4.78 is 3.51. The van der Waals surface area contributed by atoms with Gasteiger partial charge in [-0.3, -0.25) is 0 Å². The smallest absolute Gasteiger partial charge is 0.348 e. The summed E-state index contributed by atoms with van der Waals surface area (Å²) in [6.45, 7) is 0. The normalized spacial score (nSPS) is 18.2. The molecule has 0 aromatic rings. The Morgan fingerprint density at radius 1 is 2.00 bits per heavy atom. The molecular weight excluding hydrogens is 128 g/mol. The maximum atomic E-state index is 9.84. The summed E-state index contributed by atoms with van der Waals surface area (Å²) in [7, 11) is 0. The van der Waals surface area contributed by atoms with Gasteiger partial charge in [-0.25, -0.2) is 0 Å². The monoisotopic (exact) mass is 131 g/mol. The Bertz CT molecular complexity index is 144. The van der Waals surface area contributed by atoms with Gasteiger partial charge in [0.15, 0.2) is 0 Å². The van der Waals surface area contributed by atoms with E-state index in [-0.39, 0.29) is 5.84 Å². The van der Waals surface area contributed by atoms with Crippen molar-refractivity contribution in [1.29, 1.82) is 0 Å². The van der Waals surface area contributed by atoms with Crippen molar-refractivity contribution >= 4 is 17.8 Å². The van der Waals surface area contributed by atoms with Crippen LogP contribution in [0.5, 0.6) is 0 Å². The minimum Gasteiger partial charge on any atom is -0.358 e. The van der Waals surface area contributed by atoms with Gasteiger partial charge in [0.05, 0.1) is 12.2 Å². The average molecular weight is 131 g/mol. The van der Waals surface area contributed by atoms with Crippen LogP contribution in [0, 0.1) is 15.9 Å². The fraction of sp³-hybridized carbons (Fsp3) is 0.333. The van der Waals surface area contributed by atoms with Crippen molar-refractivity contribution in [3.8, 4) is 0 Å². The van der Waals surface area contributed by atoms with E-state index in [0.717, 1.165) is 11.9 Å². The molecule has 5 heteroatoms. The van der Waals surface area contributed by atoms with Crippen molar-refractivity contribution in [2.45, 2.75) is 6.42 Å². The molecule has 1 rings (SSSR count). The Hall–Kier alpha value is -0.580. The zero-order chi connectivity index (χ0) is 5.98. The molecule has 1 aliphatic rings. The summed E-state index contributed by atoms with van der Waals surface area (Å²) in [5.74, 6) is 1.74. The molecule has 1 aliphatic heterocycles. The highest BCUT2D eigenvalue weighted by atomic mass is 32.2. The largest absolute Gasteiger partial charge is 0.358 e. The van der Waals surface area contributed by atoms with E-state index in [9.17, 15) is 10.1 Å². The van der Waals surface area contributed by atoms with E-state index in [4.69, 9.17) is 0 Å². The molecule has 0 amide bonds. The van der Waals surface area contributed by atoms with Gasteiger partial charge in [0.1, 0.15) is 11.9 Å². The molecule has 0 N–H and O–H groups in total. The predicted octanol–water partition coefficient (Wildman–Crippen LogP) is 0.875. The van der Waals surface area contributed by atoms with Crippen molar-refractivity contribution in [1.82, 2.24) is 0 Å². The molecular formula is C3H3N2O2S. The van der Waals surface area contributed by atoms with E-state index in [2.05, 4.69) is 4.40 Å². The fourth-order valence-electron chi connectivity index (χ4n) is 0.355. The number of rotatable bonds is 0. The van der Waals surface area contributed by atoms with Crippen LogP contribution in [0.1, 0.15) is 6.42 Å². The van der Waals surface area contributed by atoms with Gasteiger partial charge in [-0.1, -0.05) is 0 Å². The predicted molar refractivity (Wildman–Crippen MR) is 30.9 cm³/mol. The van der Waals surface area contributed by atoms with Gasteiger partial charge in [0.25, 0.3) is 0 Å². The topological polar surface area (TPSA) is 55.5 Å². The first-order valence-electron chi connectivity index (χ1n) is 1.99. The summed E-state index contributed by atoms with van der Waals surface area (Å²) in [5.41, 5.74) is 0. The molecule has 0 unspecified atom stereocenters. The molecule has 1 radical (unpaired) electrons. The molecule has 4 nitrogen and oxygen atoms in total. The Kier molecular flexibility index (Phi) is 1.48. The molecule has 0 saturated heterocycles. The number of amidine groups is 1. The van der Waals surface area contributed by atoms with Gasteiger partial charge in [0.2, 0.25) is 0 Å². The third-order valence-electron chi connectivity index (χ3n) is 0.709. The van der Waals surface area contributed by atoms with E-state index in [0.29, 0.717) is 6.42 Å². The van der Waals surface area contributed by atoms with Crippen LogP contribution in [0.15, 0.2) is 4.40 Å². The lowest BCUT2D eigenvalue weighted by Crippen LogP contribution is -2.06. The van der Waals surface area contributed by atoms with Gasteiger partial charge in [0, 0.05) is 0 Å². The second-order valence-electron chi connectivity index (χ2n) is 1.24. The zero-order valence-electron chi connectivity index (χ0n) is 3.90. The maximum absolute atomic E-state index is 9.84. The minimum absolute atomic E-state index is 0.0509. The standard InChI is InChI=1S/C3H3N2O2S/c6-5(7)3-1-2-8-4-3/h2H,1H2. The first-order valence-corrected chi connectivity index (χ1v) is 2.83. The van der Waals surface area contributed by atoms with Crippen molar-refractivity contribution in [2.75, 3.05) is 0 Å². The second kappa shape index (κ2) is 2.13. The zero-order valence-corrected chi connectivity index (χ0v) is 4.72. The maximum Gasteiger partial charge on any atom is 0.348 e. The molecule has 8 heavy (non-hydrogen) atoms. The molecule has 0 spiro atoms. The van der Waals surface area contributed by atoms with Gasteiger partial charge in [-0.2, -0.15) is 0 Å². The Morgan fingerprint density at radius 3 is 3.00 bits per heavy atom. The molecule has 0 aromatic carbocycles. The molecule has 0 aliphatic carbocycles. The van der Waals surface area contributed by atoms with E-state index >= 15 is 0 Å². The first kappa shape index (κ1) is 5.55. The molecule has 0 saturated carbocycles. The molecule has 0 aromatic heterocycles. The van der Waals surface area contributed by atoms with Crippen LogP contribution >= 0.6 is 11.9 Å². The summed E-state index contributed by atoms with van der Waals surface area (Å²) in [6.07, 6.45) is 0.387. The first-order chi connectivity index (χ1) is 3.80. The molecule has 0 atom stereocenters. The SMILES string of the molecule is O=[N+]([O-])C1=NS[CH]C1. The average Bonchev–Trinajstić information content (AvgIpc) is 2.12. The third kappa shape index (κ3) is 0.975. The molecule has 1 heterocycles. The number of hydrogen-bond donors (Lipinski definition) is 0. The van der Waals surface area contributed by atoms with Crippen LogP contribution in [0.2, 0.25) is 0 Å². The Morgan fingerprint density at radius 2 is 2.75 bits per heavy atom. The van der Waals surface area contributed by atoms with Crippen molar-refractivity contribution in [3.05, 3.63) is 15.9 Å². The van der Waals surface area contributed by atoms with Crippen LogP contribution < -0.4 is 0 Å². The lowest BCUT2D eigenvalue weighted by atomic mass is 10.5. The summed E-state index contributed by atoms with van der Waals surface area (Å²) in [6, 6.07) is 0. The van der Waals surface area contributed by atoms with E-state index in [1.807, 2.05) is 0 Å². The number of nitro groups is 1. The van der Waals surface area contributed by atoms with Crippen molar-refractivity contribution < 1.29 is 4.92 Å². The Balaban J connectivity index is 2.57. The highest BCUT2D eigenvalue weighted by Crippen LogP contribution is 2.19. The lowest BCUT2D eigenvalue weighted by Gasteiger charge is -1.85. The highest BCUT2D eigenvalue weighted by Gasteiger charge is 2.19. The van der Waals surface area contributed by atoms with E-state index < -0.39 is 4.92 Å². The lowest BCUT2D eigenvalue weighted by molar-refractivity contribution is -0.351. The number of hydrogen-bond acceptors (Lipinski definition) is 4. The third-order valence-corrected chi connectivity index (χ3v) is 1.34. The van der Waals surface area contributed by atoms with Crippen molar-refractivity contribution in [2.24, 2.45) is 4.40 Å². The van der Waals surface area contributed by atoms with E-state index in [1.165, 1.54) is 0 Å². The van der Waals surface area contributed by atoms with Crippen LogP contribution in [-0.4, -0.2) is 10.8 Å². The van der Waals surface area contributed by atoms with Crippen LogP contribution in [0.25, 0.3) is 0 Å². The summed E-state index contributed by atoms with van der Waals surface area (Å²) >= 11 is 1.13. The minimum atomic E-state index is -0.462. The van der Waals surface area contributed by atoms with Crippen LogP contribution in [0.3, 0.4) is 0 Å². The summed E-state index contributed by atoms with van der Waals surface area (Å²) in [4.78, 5) is 9.38. The van der Waals surface area contributed by atoms with Gasteiger partial charge >= 0.3 is 5.84 Å². The van der Waals surface area contributed by atoms with Crippen LogP contribution in [0.4, 0.5) is 0 Å². The van der Waals surface area contributed by atoms with E-state index in [1.54, 1.807) is 5.75 Å². The van der Waals surface area contributed by atoms with Gasteiger partial charge in [-0.15, -0.1) is 0 Å². The fourth-order valence-corrected chi connectivity index (χ4v) is 0.916. The quantitative estimate of drug-likeness (QED) is 0.278. The van der Waals surface area contributed by atoms with Crippen molar-refractivity contribution in [3.63, 3.8) is 0 Å². The molecule has 43 valence electrons. The second-order valence-corrected chi connectivity index (χ2v) is 1.97. The molecule has 0 fully saturated rings. The van der Waals surface area contributed by atoms with Gasteiger partial charge < -0.3 is 10.1 Å². The Labute approximate surface area is 50.3 Å². The summed E-state index contributed by atoms with van der Waals surface area (Å²) in [5, 5.41) is 9.84. The number of nitrogens with zero attached hydrogens (tertiary/aromatic N) is 2.